The molecule has 19 nitrogen and oxygen atoms in total. The molecular formula is C67H66F12N14O5S4. The fraction of sp³-hybridized carbons (Fsp3) is 0.328. The van der Waals surface area contributed by atoms with Gasteiger partial charge in [0.25, 0.3) is 23.6 Å². The second-order valence-electron chi connectivity index (χ2n) is 22.7. The number of aryl methyl sites for hydroxylation is 5. The molecule has 8 aromatic heterocycles. The van der Waals surface area contributed by atoms with Crippen molar-refractivity contribution in [1.82, 2.24) is 65.3 Å². The molecule has 1 atom stereocenters. The number of nitrogens with one attached hydrogen (secondary N) is 4. The summed E-state index contributed by atoms with van der Waals surface area (Å²) >= 11 is 4.38. The number of nitrogens with zero attached hydrogens (tertiary/aromatic N) is 10. The number of aromatic nitrogens is 8. The molecule has 0 aliphatic carbocycles. The molecule has 0 radical (unpaired) electrons. The van der Waals surface area contributed by atoms with E-state index in [4.69, 9.17) is 10.00 Å². The maximum absolute atomic E-state index is 12.9. The summed E-state index contributed by atoms with van der Waals surface area (Å²) in [5.74, 6) is -1.01. The Morgan fingerprint density at radius 1 is 0.500 bits per heavy atom. The average Bonchev–Trinajstić information content (AvgIpc) is 1.68. The highest BCUT2D eigenvalue weighted by Crippen LogP contribution is 2.39. The highest BCUT2D eigenvalue weighted by Gasteiger charge is 2.38. The van der Waals surface area contributed by atoms with Crippen LogP contribution in [0.15, 0.2) is 127 Å². The molecule has 102 heavy (non-hydrogen) atoms. The minimum Gasteiger partial charge on any atom is -0.379 e. The molecule has 4 amide bonds. The summed E-state index contributed by atoms with van der Waals surface area (Å²) in [6.45, 7) is 9.60. The zero-order chi connectivity index (χ0) is 74.3. The van der Waals surface area contributed by atoms with Gasteiger partial charge in [0.2, 0.25) is 0 Å². The number of hydrogen-bond donors (Lipinski definition) is 4. The van der Waals surface area contributed by atoms with Crippen molar-refractivity contribution in [3.05, 3.63) is 186 Å². The third-order valence-electron chi connectivity index (χ3n) is 15.1. The van der Waals surface area contributed by atoms with Crippen LogP contribution in [-0.4, -0.2) is 127 Å². The van der Waals surface area contributed by atoms with Crippen LogP contribution in [-0.2, 0) is 64.1 Å². The number of hydrogen-bond acceptors (Lipinski definition) is 15. The summed E-state index contributed by atoms with van der Waals surface area (Å²) < 4.78 is 163. The lowest BCUT2D eigenvalue weighted by Gasteiger charge is -2.26. The molecule has 1 saturated heterocycles. The van der Waals surface area contributed by atoms with Crippen LogP contribution < -0.4 is 21.3 Å². The number of nitriles is 1. The Bertz CT molecular complexity index is 4490. The van der Waals surface area contributed by atoms with Gasteiger partial charge in [0.1, 0.15) is 52.1 Å². The van der Waals surface area contributed by atoms with Crippen LogP contribution in [0.1, 0.15) is 97.4 Å². The summed E-state index contributed by atoms with van der Waals surface area (Å²) in [5, 5.41) is 34.8. The summed E-state index contributed by atoms with van der Waals surface area (Å²) in [6.07, 6.45) is -16.3. The van der Waals surface area contributed by atoms with Crippen molar-refractivity contribution < 1.29 is 76.6 Å². The SMILES string of the molecule is C[C@H](CNC(=O)c1ccc(-c2cc(C(F)(F)F)n(C)n2)s1)c1ccccc1.Cc1ccc(CCNC(=O)c2ccc(-c3cc(C(F)(F)F)n(C)n3)s2)cc1.Cn1nc(-c2ccc(C(=O)NCC#N)s2)cc1C(F)(F)F.Cn1nc(-c2ccc(C(=O)NCCCN3CCOCC3)s2)cc1C(F)(F)F. The smallest absolute Gasteiger partial charge is 0.379 e. The quantitative estimate of drug-likeness (QED) is 0.0338. The fourth-order valence-corrected chi connectivity index (χ4v) is 13.3. The monoisotopic (exact) mass is 1500 g/mol. The minimum absolute atomic E-state index is 0.131. The van der Waals surface area contributed by atoms with Crippen LogP contribution in [0.3, 0.4) is 0 Å². The van der Waals surface area contributed by atoms with Crippen LogP contribution >= 0.6 is 45.3 Å². The molecule has 1 fully saturated rings. The van der Waals surface area contributed by atoms with Gasteiger partial charge in [-0.05, 0) is 116 Å². The third-order valence-corrected chi connectivity index (χ3v) is 19.6. The Morgan fingerprint density at radius 3 is 1.21 bits per heavy atom. The molecule has 1 aliphatic heterocycles. The normalized spacial score (nSPS) is 13.0. The second-order valence-corrected chi connectivity index (χ2v) is 27.1. The van der Waals surface area contributed by atoms with E-state index in [0.29, 0.717) is 65.1 Å². The first-order valence-electron chi connectivity index (χ1n) is 30.9. The Morgan fingerprint density at radius 2 is 0.853 bits per heavy atom. The van der Waals surface area contributed by atoms with E-state index in [0.717, 1.165) is 139 Å². The number of amides is 4. The summed E-state index contributed by atoms with van der Waals surface area (Å²) in [6, 6.07) is 36.2. The highest BCUT2D eigenvalue weighted by atomic mass is 32.1. The number of halogens is 12. The molecule has 0 spiro atoms. The highest BCUT2D eigenvalue weighted by molar-refractivity contribution is 7.18. The van der Waals surface area contributed by atoms with E-state index in [9.17, 15) is 71.9 Å². The number of carbonyl (C=O) groups excluding carboxylic acids is 4. The van der Waals surface area contributed by atoms with Gasteiger partial charge in [0.05, 0.1) is 58.3 Å². The zero-order valence-electron chi connectivity index (χ0n) is 55.2. The van der Waals surface area contributed by atoms with Crippen LogP contribution in [0.4, 0.5) is 52.7 Å². The van der Waals surface area contributed by atoms with E-state index < -0.39 is 53.4 Å². The van der Waals surface area contributed by atoms with Crippen molar-refractivity contribution in [2.24, 2.45) is 28.2 Å². The van der Waals surface area contributed by atoms with Crippen molar-refractivity contribution in [2.45, 2.75) is 57.3 Å². The first-order chi connectivity index (χ1) is 48.2. The summed E-state index contributed by atoms with van der Waals surface area (Å²) in [5.41, 5.74) is 0.858. The van der Waals surface area contributed by atoms with Crippen LogP contribution in [0, 0.1) is 18.3 Å². The third kappa shape index (κ3) is 21.8. The van der Waals surface area contributed by atoms with E-state index in [1.54, 1.807) is 42.5 Å². The molecule has 11 rings (SSSR count). The van der Waals surface area contributed by atoms with Gasteiger partial charge in [0.15, 0.2) is 0 Å². The largest absolute Gasteiger partial charge is 0.433 e. The Labute approximate surface area is 592 Å². The topological polar surface area (TPSA) is 224 Å². The lowest BCUT2D eigenvalue weighted by atomic mass is 10.0. The Balaban J connectivity index is 0.000000173. The first kappa shape index (κ1) is 78.3. The number of ether oxygens (including phenoxy) is 1. The van der Waals surface area contributed by atoms with Gasteiger partial charge >= 0.3 is 24.7 Å². The lowest BCUT2D eigenvalue weighted by Crippen LogP contribution is -2.38. The minimum atomic E-state index is -4.48. The number of alkyl halides is 12. The maximum Gasteiger partial charge on any atom is 0.433 e. The zero-order valence-corrected chi connectivity index (χ0v) is 58.4. The predicted octanol–water partition coefficient (Wildman–Crippen LogP) is 14.2. The van der Waals surface area contributed by atoms with Crippen molar-refractivity contribution >= 4 is 69.0 Å². The number of carbonyl (C=O) groups is 4. The number of benzene rings is 2. The molecule has 0 unspecified atom stereocenters. The van der Waals surface area contributed by atoms with Gasteiger partial charge in [-0.1, -0.05) is 67.1 Å². The number of morpholine rings is 1. The van der Waals surface area contributed by atoms with E-state index >= 15 is 0 Å². The van der Waals surface area contributed by atoms with Crippen molar-refractivity contribution in [2.75, 3.05) is 59.0 Å². The van der Waals surface area contributed by atoms with E-state index in [2.05, 4.69) is 46.6 Å². The average molecular weight is 1500 g/mol. The van der Waals surface area contributed by atoms with E-state index in [-0.39, 0.29) is 53.0 Å². The molecule has 0 saturated carbocycles. The molecule has 4 N–H and O–H groups in total. The Kier molecular flexibility index (Phi) is 26.4. The predicted molar refractivity (Wildman–Crippen MR) is 363 cm³/mol. The first-order valence-corrected chi connectivity index (χ1v) is 34.2. The molecule has 35 heteroatoms. The summed E-state index contributed by atoms with van der Waals surface area (Å²) in [7, 11) is 4.96. The second kappa shape index (κ2) is 34.5. The number of rotatable bonds is 19. The maximum atomic E-state index is 12.9. The van der Waals surface area contributed by atoms with Gasteiger partial charge < -0.3 is 26.0 Å². The molecule has 9 heterocycles. The number of thiophene rings is 4. The van der Waals surface area contributed by atoms with Gasteiger partial charge in [0, 0.05) is 60.9 Å². The van der Waals surface area contributed by atoms with Gasteiger partial charge in [-0.3, -0.25) is 42.8 Å². The van der Waals surface area contributed by atoms with Crippen LogP contribution in [0.5, 0.6) is 0 Å². The van der Waals surface area contributed by atoms with Gasteiger partial charge in [-0.2, -0.15) is 78.3 Å². The molecular weight excluding hydrogens is 1440 g/mol. The lowest BCUT2D eigenvalue weighted by molar-refractivity contribution is -0.144. The molecule has 0 bridgehead atoms. The fourth-order valence-electron chi connectivity index (χ4n) is 9.82. The van der Waals surface area contributed by atoms with Gasteiger partial charge in [-0.25, -0.2) is 0 Å². The standard InChI is InChI=1S/2C19H18F3N3OS.C17H21F3N4O2S.C12H9F3N4OS/c1-12-3-5-13(6-4-12)9-10-23-18(26)16-8-7-15(27-16)14-11-17(19(20,21)22)25(2)24-14;1-12(13-6-4-3-5-7-13)11-23-18(26)16-9-8-15(27-16)14-10-17(19(20,21)22)25(2)24-14;1-23-15(17(18,19)20)11-12(22-23)13-3-4-14(27-13)16(25)21-5-2-6-24-7-9-26-10-8-24;1-19-10(12(13,14)15)6-7(18-19)8-2-3-9(21-8)11(20)17-5-4-16/h3-8,11H,9-10H2,1-2H3,(H,23,26);3-10,12H,11H2,1-2H3,(H,23,26);3-4,11H,2,5-10H2,1H3,(H,21,25);2-3,6H,5H2,1H3,(H,17,20)/t;12-;;/m.1../s1. The van der Waals surface area contributed by atoms with E-state index in [1.807, 2.05) is 68.4 Å². The van der Waals surface area contributed by atoms with Crippen molar-refractivity contribution in [3.8, 4) is 48.4 Å². The van der Waals surface area contributed by atoms with Gasteiger partial charge in [-0.15, -0.1) is 45.3 Å². The molecule has 2 aromatic carbocycles. The van der Waals surface area contributed by atoms with Crippen molar-refractivity contribution in [3.63, 3.8) is 0 Å². The molecule has 1 aliphatic rings. The van der Waals surface area contributed by atoms with E-state index in [1.165, 1.54) is 45.9 Å². The molecule has 542 valence electrons. The summed E-state index contributed by atoms with van der Waals surface area (Å²) in [4.78, 5) is 54.4. The van der Waals surface area contributed by atoms with Crippen molar-refractivity contribution in [1.29, 1.82) is 5.26 Å². The van der Waals surface area contributed by atoms with Crippen LogP contribution in [0.25, 0.3) is 42.3 Å². The van der Waals surface area contributed by atoms with Crippen LogP contribution in [0.2, 0.25) is 0 Å². The Hall–Kier alpha value is -9.47. The molecule has 10 aromatic rings.